The first-order valence-corrected chi connectivity index (χ1v) is 4.39. The molecule has 0 saturated carbocycles. The van der Waals surface area contributed by atoms with Gasteiger partial charge in [-0.05, 0) is 12.1 Å². The van der Waals surface area contributed by atoms with E-state index in [0.29, 0.717) is 4.70 Å². The molecule has 0 spiro atoms. The van der Waals surface area contributed by atoms with Gasteiger partial charge >= 0.3 is 6.18 Å². The van der Waals surface area contributed by atoms with Crippen LogP contribution in [0.25, 0.3) is 10.3 Å². The van der Waals surface area contributed by atoms with Gasteiger partial charge in [0.1, 0.15) is 5.69 Å². The van der Waals surface area contributed by atoms with Crippen molar-refractivity contribution in [2.75, 3.05) is 5.73 Å². The second-order valence-corrected chi connectivity index (χ2v) is 3.63. The number of rotatable bonds is 0. The summed E-state index contributed by atoms with van der Waals surface area (Å²) in [6, 6.07) is 2.24. The Balaban J connectivity index is 2.62. The number of anilines is 1. The van der Waals surface area contributed by atoms with Crippen molar-refractivity contribution in [2.24, 2.45) is 0 Å². The first-order valence-electron chi connectivity index (χ1n) is 3.57. The fraction of sp³-hybridized carbons (Fsp3) is 0.143. The van der Waals surface area contributed by atoms with Crippen LogP contribution in [0.4, 0.5) is 18.3 Å². The minimum atomic E-state index is -4.44. The number of nitrogens with zero attached hydrogens (tertiary/aromatic N) is 2. The molecule has 2 aromatic heterocycles. The standard InChI is InChI=1S/C7H4F3N3S/c8-7(9,10)4-2-1-3-5(12-4)13-6(11)14-3/h1-2H,(H2,11,12,13). The highest BCUT2D eigenvalue weighted by molar-refractivity contribution is 7.21. The van der Waals surface area contributed by atoms with Gasteiger partial charge in [0.15, 0.2) is 10.8 Å². The van der Waals surface area contributed by atoms with Crippen molar-refractivity contribution in [2.45, 2.75) is 6.18 Å². The summed E-state index contributed by atoms with van der Waals surface area (Å²) in [5.41, 5.74) is 4.43. The zero-order valence-electron chi connectivity index (χ0n) is 6.67. The van der Waals surface area contributed by atoms with Gasteiger partial charge in [-0.3, -0.25) is 0 Å². The van der Waals surface area contributed by atoms with Crippen molar-refractivity contribution in [1.82, 2.24) is 9.97 Å². The van der Waals surface area contributed by atoms with Gasteiger partial charge in [-0.15, -0.1) is 0 Å². The van der Waals surface area contributed by atoms with Crippen LogP contribution in [0, 0.1) is 0 Å². The summed E-state index contributed by atoms with van der Waals surface area (Å²) in [5.74, 6) is 0. The van der Waals surface area contributed by atoms with E-state index >= 15 is 0 Å². The van der Waals surface area contributed by atoms with E-state index in [1.165, 1.54) is 6.07 Å². The summed E-state index contributed by atoms with van der Waals surface area (Å²) < 4.78 is 37.2. The van der Waals surface area contributed by atoms with Gasteiger partial charge in [0.2, 0.25) is 0 Å². The molecule has 0 aliphatic rings. The molecule has 0 amide bonds. The number of pyridine rings is 1. The maximum Gasteiger partial charge on any atom is 0.433 e. The van der Waals surface area contributed by atoms with E-state index in [-0.39, 0.29) is 10.8 Å². The molecule has 0 bridgehead atoms. The number of fused-ring (bicyclic) bond motifs is 1. The van der Waals surface area contributed by atoms with E-state index < -0.39 is 11.9 Å². The zero-order chi connectivity index (χ0) is 10.3. The molecular formula is C7H4F3N3S. The topological polar surface area (TPSA) is 51.8 Å². The molecule has 0 aromatic carbocycles. The highest BCUT2D eigenvalue weighted by Crippen LogP contribution is 2.30. The molecule has 0 atom stereocenters. The predicted octanol–water partition coefficient (Wildman–Crippen LogP) is 2.29. The molecular weight excluding hydrogens is 215 g/mol. The van der Waals surface area contributed by atoms with Crippen LogP contribution in [0.5, 0.6) is 0 Å². The van der Waals surface area contributed by atoms with Crippen molar-refractivity contribution in [1.29, 1.82) is 0 Å². The fourth-order valence-corrected chi connectivity index (χ4v) is 1.67. The summed E-state index contributed by atoms with van der Waals surface area (Å²) in [6.07, 6.45) is -4.44. The first-order chi connectivity index (χ1) is 6.47. The third-order valence-electron chi connectivity index (χ3n) is 1.56. The molecule has 2 aromatic rings. The lowest BCUT2D eigenvalue weighted by Crippen LogP contribution is -2.07. The smallest absolute Gasteiger partial charge is 0.375 e. The normalized spacial score (nSPS) is 12.2. The van der Waals surface area contributed by atoms with Crippen molar-refractivity contribution < 1.29 is 13.2 Å². The molecule has 7 heteroatoms. The number of nitrogens with two attached hydrogens (primary N) is 1. The molecule has 2 rings (SSSR count). The molecule has 2 heterocycles. The number of aromatic nitrogens is 2. The summed E-state index contributed by atoms with van der Waals surface area (Å²) in [5, 5.41) is 0.215. The number of hydrogen-bond acceptors (Lipinski definition) is 4. The molecule has 0 unspecified atom stereocenters. The monoisotopic (exact) mass is 219 g/mol. The number of thiazole rings is 1. The lowest BCUT2D eigenvalue weighted by molar-refractivity contribution is -0.141. The van der Waals surface area contributed by atoms with E-state index in [0.717, 1.165) is 17.4 Å². The second kappa shape index (κ2) is 2.81. The largest absolute Gasteiger partial charge is 0.433 e. The Kier molecular flexibility index (Phi) is 1.84. The molecule has 0 fully saturated rings. The van der Waals surface area contributed by atoms with Crippen LogP contribution in [-0.2, 0) is 6.18 Å². The lowest BCUT2D eigenvalue weighted by atomic mass is 10.3. The number of hydrogen-bond donors (Lipinski definition) is 1. The van der Waals surface area contributed by atoms with Crippen LogP contribution in [0.3, 0.4) is 0 Å². The summed E-state index contributed by atoms with van der Waals surface area (Å²) in [6.45, 7) is 0. The Morgan fingerprint density at radius 3 is 2.57 bits per heavy atom. The molecule has 2 N–H and O–H groups in total. The van der Waals surface area contributed by atoms with Crippen LogP contribution in [0.15, 0.2) is 12.1 Å². The maximum absolute atomic E-state index is 12.2. The van der Waals surface area contributed by atoms with Gasteiger partial charge < -0.3 is 5.73 Å². The van der Waals surface area contributed by atoms with Gasteiger partial charge in [-0.1, -0.05) is 11.3 Å². The fourth-order valence-electron chi connectivity index (χ4n) is 0.993. The Hall–Kier alpha value is -1.37. The Bertz CT molecular complexity index is 476. The van der Waals surface area contributed by atoms with Crippen LogP contribution in [-0.4, -0.2) is 9.97 Å². The summed E-state index contributed by atoms with van der Waals surface area (Å²) in [7, 11) is 0. The molecule has 0 aliphatic carbocycles. The van der Waals surface area contributed by atoms with Crippen LogP contribution in [0.2, 0.25) is 0 Å². The van der Waals surface area contributed by atoms with E-state index in [9.17, 15) is 13.2 Å². The Morgan fingerprint density at radius 1 is 1.21 bits per heavy atom. The van der Waals surface area contributed by atoms with Gasteiger partial charge in [-0.25, -0.2) is 9.97 Å². The molecule has 0 saturated heterocycles. The van der Waals surface area contributed by atoms with Crippen molar-refractivity contribution in [3.63, 3.8) is 0 Å². The summed E-state index contributed by atoms with van der Waals surface area (Å²) in [4.78, 5) is 7.03. The lowest BCUT2D eigenvalue weighted by Gasteiger charge is -2.03. The van der Waals surface area contributed by atoms with Crippen LogP contribution < -0.4 is 5.73 Å². The zero-order valence-corrected chi connectivity index (χ0v) is 7.49. The minimum absolute atomic E-state index is 0.0438. The first kappa shape index (κ1) is 9.20. The summed E-state index contributed by atoms with van der Waals surface area (Å²) >= 11 is 1.11. The molecule has 0 radical (unpaired) electrons. The van der Waals surface area contributed by atoms with Crippen LogP contribution in [0.1, 0.15) is 5.69 Å². The average Bonchev–Trinajstić information content (AvgIpc) is 2.41. The predicted molar refractivity (Wildman–Crippen MR) is 46.8 cm³/mol. The SMILES string of the molecule is Nc1nc2nc(C(F)(F)F)ccc2s1. The molecule has 74 valence electrons. The van der Waals surface area contributed by atoms with Gasteiger partial charge in [0.25, 0.3) is 0 Å². The van der Waals surface area contributed by atoms with E-state index in [1.807, 2.05) is 0 Å². The van der Waals surface area contributed by atoms with Gasteiger partial charge in [0, 0.05) is 0 Å². The quantitative estimate of drug-likeness (QED) is 0.739. The Labute approximate surface area is 80.4 Å². The number of nitrogen functional groups attached to an aromatic ring is 1. The van der Waals surface area contributed by atoms with Crippen molar-refractivity contribution in [3.05, 3.63) is 17.8 Å². The number of halogens is 3. The minimum Gasteiger partial charge on any atom is -0.375 e. The van der Waals surface area contributed by atoms with Crippen molar-refractivity contribution >= 4 is 26.8 Å². The van der Waals surface area contributed by atoms with Gasteiger partial charge in [0.05, 0.1) is 4.70 Å². The Morgan fingerprint density at radius 2 is 1.93 bits per heavy atom. The highest BCUT2D eigenvalue weighted by Gasteiger charge is 2.32. The average molecular weight is 219 g/mol. The second-order valence-electron chi connectivity index (χ2n) is 2.57. The van der Waals surface area contributed by atoms with E-state index in [4.69, 9.17) is 5.73 Å². The third kappa shape index (κ3) is 1.50. The van der Waals surface area contributed by atoms with Gasteiger partial charge in [-0.2, -0.15) is 13.2 Å². The molecule has 14 heavy (non-hydrogen) atoms. The third-order valence-corrected chi connectivity index (χ3v) is 2.40. The number of alkyl halides is 3. The maximum atomic E-state index is 12.2. The van der Waals surface area contributed by atoms with Crippen LogP contribution >= 0.6 is 11.3 Å². The van der Waals surface area contributed by atoms with Crippen molar-refractivity contribution in [3.8, 4) is 0 Å². The van der Waals surface area contributed by atoms with E-state index in [2.05, 4.69) is 9.97 Å². The van der Waals surface area contributed by atoms with E-state index in [1.54, 1.807) is 0 Å². The molecule has 3 nitrogen and oxygen atoms in total. The highest BCUT2D eigenvalue weighted by atomic mass is 32.1. The molecule has 0 aliphatic heterocycles.